The Labute approximate surface area is 103 Å². The SMILES string of the molecule is CCCn1ncnc1CNC1(C)CCCOC1. The van der Waals surface area contributed by atoms with Crippen LogP contribution in [0.3, 0.4) is 0 Å². The minimum atomic E-state index is 0.0846. The smallest absolute Gasteiger partial charge is 0.140 e. The molecule has 1 N–H and O–H groups in total. The van der Waals surface area contributed by atoms with Gasteiger partial charge < -0.3 is 10.1 Å². The summed E-state index contributed by atoms with van der Waals surface area (Å²) in [4.78, 5) is 4.30. The number of aryl methyl sites for hydroxylation is 1. The second-order valence-electron chi connectivity index (χ2n) is 4.97. The molecule has 1 aromatic heterocycles. The van der Waals surface area contributed by atoms with Crippen LogP contribution in [0.1, 0.15) is 38.9 Å². The van der Waals surface area contributed by atoms with E-state index in [1.807, 2.05) is 4.68 Å². The zero-order valence-corrected chi connectivity index (χ0v) is 10.8. The first-order valence-corrected chi connectivity index (χ1v) is 6.43. The Morgan fingerprint density at radius 2 is 2.47 bits per heavy atom. The molecule has 0 amide bonds. The lowest BCUT2D eigenvalue weighted by atomic mass is 9.95. The summed E-state index contributed by atoms with van der Waals surface area (Å²) in [5.74, 6) is 1.01. The average molecular weight is 238 g/mol. The van der Waals surface area contributed by atoms with Crippen molar-refractivity contribution in [3.63, 3.8) is 0 Å². The molecule has 1 aromatic rings. The molecule has 1 aliphatic rings. The van der Waals surface area contributed by atoms with E-state index in [1.54, 1.807) is 6.33 Å². The fourth-order valence-electron chi connectivity index (χ4n) is 2.19. The molecular formula is C12H22N4O. The van der Waals surface area contributed by atoms with Crippen molar-refractivity contribution >= 4 is 0 Å². The number of nitrogens with zero attached hydrogens (tertiary/aromatic N) is 3. The van der Waals surface area contributed by atoms with E-state index in [4.69, 9.17) is 4.74 Å². The molecule has 1 saturated heterocycles. The van der Waals surface area contributed by atoms with E-state index in [9.17, 15) is 0 Å². The lowest BCUT2D eigenvalue weighted by Gasteiger charge is -2.34. The highest BCUT2D eigenvalue weighted by molar-refractivity contribution is 4.90. The van der Waals surface area contributed by atoms with E-state index in [0.29, 0.717) is 0 Å². The molecule has 17 heavy (non-hydrogen) atoms. The number of ether oxygens (including phenoxy) is 1. The molecular weight excluding hydrogens is 216 g/mol. The first kappa shape index (κ1) is 12.5. The van der Waals surface area contributed by atoms with Crippen molar-refractivity contribution in [2.24, 2.45) is 0 Å². The summed E-state index contributed by atoms with van der Waals surface area (Å²) < 4.78 is 7.50. The van der Waals surface area contributed by atoms with Gasteiger partial charge in [0.2, 0.25) is 0 Å². The molecule has 0 aromatic carbocycles. The highest BCUT2D eigenvalue weighted by Crippen LogP contribution is 2.18. The molecule has 5 heteroatoms. The molecule has 96 valence electrons. The number of rotatable bonds is 5. The van der Waals surface area contributed by atoms with E-state index in [0.717, 1.165) is 51.4 Å². The predicted molar refractivity (Wildman–Crippen MR) is 65.6 cm³/mol. The van der Waals surface area contributed by atoms with Gasteiger partial charge in [0.15, 0.2) is 0 Å². The van der Waals surface area contributed by atoms with E-state index in [2.05, 4.69) is 29.2 Å². The molecule has 1 unspecified atom stereocenters. The van der Waals surface area contributed by atoms with Gasteiger partial charge in [-0.2, -0.15) is 5.10 Å². The van der Waals surface area contributed by atoms with Gasteiger partial charge in [-0.3, -0.25) is 0 Å². The van der Waals surface area contributed by atoms with Crippen LogP contribution in [-0.4, -0.2) is 33.5 Å². The van der Waals surface area contributed by atoms with Crippen LogP contribution in [0.2, 0.25) is 0 Å². The molecule has 1 atom stereocenters. The van der Waals surface area contributed by atoms with Crippen LogP contribution in [0.25, 0.3) is 0 Å². The number of hydrogen-bond acceptors (Lipinski definition) is 4. The quantitative estimate of drug-likeness (QED) is 0.841. The lowest BCUT2D eigenvalue weighted by Crippen LogP contribution is -2.48. The summed E-state index contributed by atoms with van der Waals surface area (Å²) >= 11 is 0. The fourth-order valence-corrected chi connectivity index (χ4v) is 2.19. The molecule has 0 aliphatic carbocycles. The second kappa shape index (κ2) is 5.60. The third kappa shape index (κ3) is 3.26. The molecule has 2 rings (SSSR count). The van der Waals surface area contributed by atoms with Crippen LogP contribution in [0.4, 0.5) is 0 Å². The maximum Gasteiger partial charge on any atom is 0.140 e. The summed E-state index contributed by atoms with van der Waals surface area (Å²) in [6, 6.07) is 0. The van der Waals surface area contributed by atoms with Gasteiger partial charge in [0.1, 0.15) is 12.2 Å². The molecule has 0 saturated carbocycles. The number of nitrogens with one attached hydrogen (secondary N) is 1. The summed E-state index contributed by atoms with van der Waals surface area (Å²) in [5, 5.41) is 7.78. The van der Waals surface area contributed by atoms with E-state index in [-0.39, 0.29) is 5.54 Å². The van der Waals surface area contributed by atoms with Crippen molar-refractivity contribution in [1.82, 2.24) is 20.1 Å². The molecule has 1 fully saturated rings. The van der Waals surface area contributed by atoms with Gasteiger partial charge in [0.25, 0.3) is 0 Å². The highest BCUT2D eigenvalue weighted by Gasteiger charge is 2.27. The minimum Gasteiger partial charge on any atom is -0.380 e. The monoisotopic (exact) mass is 238 g/mol. The van der Waals surface area contributed by atoms with E-state index >= 15 is 0 Å². The molecule has 0 bridgehead atoms. The van der Waals surface area contributed by atoms with Crippen LogP contribution in [0, 0.1) is 0 Å². The first-order valence-electron chi connectivity index (χ1n) is 6.43. The Morgan fingerprint density at radius 3 is 3.18 bits per heavy atom. The third-order valence-electron chi connectivity index (χ3n) is 3.24. The first-order chi connectivity index (χ1) is 8.23. The average Bonchev–Trinajstić information content (AvgIpc) is 2.76. The lowest BCUT2D eigenvalue weighted by molar-refractivity contribution is 0.0273. The standard InChI is InChI=1S/C12H22N4O/c1-3-6-16-11(13-10-15-16)8-14-12(2)5-4-7-17-9-12/h10,14H,3-9H2,1-2H3. The second-order valence-corrected chi connectivity index (χ2v) is 4.97. The largest absolute Gasteiger partial charge is 0.380 e. The molecule has 0 spiro atoms. The summed E-state index contributed by atoms with van der Waals surface area (Å²) in [5.41, 5.74) is 0.0846. The maximum atomic E-state index is 5.53. The minimum absolute atomic E-state index is 0.0846. The summed E-state index contributed by atoms with van der Waals surface area (Å²) in [7, 11) is 0. The van der Waals surface area contributed by atoms with Gasteiger partial charge in [0.05, 0.1) is 13.2 Å². The molecule has 2 heterocycles. The fraction of sp³-hybridized carbons (Fsp3) is 0.833. The van der Waals surface area contributed by atoms with Gasteiger partial charge >= 0.3 is 0 Å². The van der Waals surface area contributed by atoms with Crippen molar-refractivity contribution < 1.29 is 4.74 Å². The normalized spacial score (nSPS) is 25.1. The topological polar surface area (TPSA) is 52.0 Å². The van der Waals surface area contributed by atoms with Gasteiger partial charge in [-0.25, -0.2) is 9.67 Å². The highest BCUT2D eigenvalue weighted by atomic mass is 16.5. The van der Waals surface area contributed by atoms with Crippen LogP contribution >= 0.6 is 0 Å². The Morgan fingerprint density at radius 1 is 1.59 bits per heavy atom. The van der Waals surface area contributed by atoms with Gasteiger partial charge in [-0.1, -0.05) is 6.92 Å². The third-order valence-corrected chi connectivity index (χ3v) is 3.24. The van der Waals surface area contributed by atoms with Gasteiger partial charge in [0, 0.05) is 18.7 Å². The molecule has 1 aliphatic heterocycles. The van der Waals surface area contributed by atoms with Crippen molar-refractivity contribution in [2.75, 3.05) is 13.2 Å². The Hall–Kier alpha value is -0.940. The van der Waals surface area contributed by atoms with E-state index in [1.165, 1.54) is 0 Å². The predicted octanol–water partition coefficient (Wildman–Crippen LogP) is 1.35. The van der Waals surface area contributed by atoms with E-state index < -0.39 is 0 Å². The zero-order chi connectivity index (χ0) is 12.1. The zero-order valence-electron chi connectivity index (χ0n) is 10.8. The van der Waals surface area contributed by atoms with Crippen molar-refractivity contribution in [1.29, 1.82) is 0 Å². The van der Waals surface area contributed by atoms with Gasteiger partial charge in [-0.15, -0.1) is 0 Å². The van der Waals surface area contributed by atoms with Crippen molar-refractivity contribution in [3.05, 3.63) is 12.2 Å². The van der Waals surface area contributed by atoms with Crippen LogP contribution < -0.4 is 5.32 Å². The van der Waals surface area contributed by atoms with Gasteiger partial charge in [-0.05, 0) is 26.2 Å². The molecule has 0 radical (unpaired) electrons. The maximum absolute atomic E-state index is 5.53. The summed E-state index contributed by atoms with van der Waals surface area (Å²) in [6.07, 6.45) is 5.00. The Kier molecular flexibility index (Phi) is 4.12. The van der Waals surface area contributed by atoms with Crippen molar-refractivity contribution in [2.45, 2.75) is 51.7 Å². The number of aromatic nitrogens is 3. The van der Waals surface area contributed by atoms with Crippen LogP contribution in [-0.2, 0) is 17.8 Å². The summed E-state index contributed by atoms with van der Waals surface area (Å²) in [6.45, 7) is 7.74. The van der Waals surface area contributed by atoms with Crippen LogP contribution in [0.15, 0.2) is 6.33 Å². The Bertz CT molecular complexity index is 344. The van der Waals surface area contributed by atoms with Crippen LogP contribution in [0.5, 0.6) is 0 Å². The Balaban J connectivity index is 1.90. The molecule has 5 nitrogen and oxygen atoms in total. The number of hydrogen-bond donors (Lipinski definition) is 1. The van der Waals surface area contributed by atoms with Crippen molar-refractivity contribution in [3.8, 4) is 0 Å².